The van der Waals surface area contributed by atoms with Gasteiger partial charge in [-0.1, -0.05) is 30.3 Å². The van der Waals surface area contributed by atoms with Crippen LogP contribution in [-0.4, -0.2) is 42.2 Å². The highest BCUT2D eigenvalue weighted by Gasteiger charge is 2.29. The number of likely N-dealkylation sites (tertiary alicyclic amines) is 1. The first-order chi connectivity index (χ1) is 10.3. The summed E-state index contributed by atoms with van der Waals surface area (Å²) >= 11 is 0. The Bertz CT molecular complexity index is 422. The van der Waals surface area contributed by atoms with Crippen molar-refractivity contribution in [2.45, 2.75) is 44.2 Å². The Morgan fingerprint density at radius 1 is 1.14 bits per heavy atom. The third kappa shape index (κ3) is 4.69. The van der Waals surface area contributed by atoms with Crippen LogP contribution < -0.4 is 5.32 Å². The summed E-state index contributed by atoms with van der Waals surface area (Å²) in [6.07, 6.45) is 5.72. The Labute approximate surface area is 140 Å². The minimum atomic E-state index is -0.315. The van der Waals surface area contributed by atoms with Gasteiger partial charge < -0.3 is 10.4 Å². The van der Waals surface area contributed by atoms with Gasteiger partial charge in [-0.05, 0) is 63.2 Å². The number of piperidine rings is 1. The average molecular weight is 325 g/mol. The topological polar surface area (TPSA) is 35.5 Å². The fraction of sp³-hybridized carbons (Fsp3) is 0.667. The van der Waals surface area contributed by atoms with Gasteiger partial charge in [-0.15, -0.1) is 12.4 Å². The Morgan fingerprint density at radius 2 is 1.86 bits per heavy atom. The second kappa shape index (κ2) is 8.88. The molecular formula is C18H29ClN2O. The number of rotatable bonds is 5. The van der Waals surface area contributed by atoms with Gasteiger partial charge in [0.25, 0.3) is 0 Å². The summed E-state index contributed by atoms with van der Waals surface area (Å²) in [5.74, 6) is 0.848. The predicted molar refractivity (Wildman–Crippen MR) is 93.5 cm³/mol. The Hall–Kier alpha value is -0.610. The van der Waals surface area contributed by atoms with Crippen LogP contribution in [0, 0.1) is 5.92 Å². The van der Waals surface area contributed by atoms with Crippen LogP contribution in [0.2, 0.25) is 0 Å². The molecule has 0 bridgehead atoms. The van der Waals surface area contributed by atoms with E-state index in [1.54, 1.807) is 0 Å². The standard InChI is InChI=1S/C18H28N2O.ClH/c21-18(16-5-2-1-3-6-16)13-17-7-4-12-20(17)14-15-8-10-19-11-9-15;/h1-3,5-6,15,17-19,21H,4,7-14H2;1H. The summed E-state index contributed by atoms with van der Waals surface area (Å²) in [5.41, 5.74) is 1.06. The smallest absolute Gasteiger partial charge is 0.0805 e. The molecule has 3 rings (SSSR count). The third-order valence-electron chi connectivity index (χ3n) is 5.13. The number of nitrogens with one attached hydrogen (secondary N) is 1. The summed E-state index contributed by atoms with van der Waals surface area (Å²) < 4.78 is 0. The van der Waals surface area contributed by atoms with Crippen molar-refractivity contribution < 1.29 is 5.11 Å². The minimum Gasteiger partial charge on any atom is -0.388 e. The zero-order chi connectivity index (χ0) is 14.5. The Kier molecular flexibility index (Phi) is 7.16. The molecule has 22 heavy (non-hydrogen) atoms. The molecule has 2 saturated heterocycles. The monoisotopic (exact) mass is 324 g/mol. The molecule has 2 fully saturated rings. The van der Waals surface area contributed by atoms with Crippen LogP contribution in [0.4, 0.5) is 0 Å². The third-order valence-corrected chi connectivity index (χ3v) is 5.13. The van der Waals surface area contributed by atoms with E-state index < -0.39 is 0 Å². The van der Waals surface area contributed by atoms with Crippen LogP contribution >= 0.6 is 12.4 Å². The quantitative estimate of drug-likeness (QED) is 0.874. The second-order valence-electron chi connectivity index (χ2n) is 6.65. The number of aliphatic hydroxyl groups is 1. The fourth-order valence-corrected chi connectivity index (χ4v) is 3.87. The van der Waals surface area contributed by atoms with Crippen LogP contribution in [0.15, 0.2) is 30.3 Å². The summed E-state index contributed by atoms with van der Waals surface area (Å²) in [5, 5.41) is 13.9. The molecule has 1 aromatic carbocycles. The molecule has 2 heterocycles. The lowest BCUT2D eigenvalue weighted by molar-refractivity contribution is 0.109. The number of aliphatic hydroxyl groups excluding tert-OH is 1. The van der Waals surface area contributed by atoms with E-state index in [-0.39, 0.29) is 18.5 Å². The summed E-state index contributed by atoms with van der Waals surface area (Å²) in [6, 6.07) is 10.7. The molecule has 2 atom stereocenters. The van der Waals surface area contributed by atoms with E-state index in [4.69, 9.17) is 0 Å². The summed E-state index contributed by atoms with van der Waals surface area (Å²) in [6.45, 7) is 4.80. The largest absolute Gasteiger partial charge is 0.388 e. The number of hydrogen-bond donors (Lipinski definition) is 2. The number of hydrogen-bond acceptors (Lipinski definition) is 3. The highest BCUT2D eigenvalue weighted by atomic mass is 35.5. The van der Waals surface area contributed by atoms with Crippen LogP contribution in [0.3, 0.4) is 0 Å². The average Bonchev–Trinajstić information content (AvgIpc) is 2.96. The molecule has 124 valence electrons. The highest BCUT2D eigenvalue weighted by molar-refractivity contribution is 5.85. The maximum Gasteiger partial charge on any atom is 0.0805 e. The van der Waals surface area contributed by atoms with E-state index in [0.717, 1.165) is 17.9 Å². The molecular weight excluding hydrogens is 296 g/mol. The zero-order valence-corrected chi connectivity index (χ0v) is 14.1. The van der Waals surface area contributed by atoms with Gasteiger partial charge in [0.05, 0.1) is 6.10 Å². The van der Waals surface area contributed by atoms with Gasteiger partial charge in [0.2, 0.25) is 0 Å². The molecule has 0 aliphatic carbocycles. The van der Waals surface area contributed by atoms with Crippen LogP contribution in [-0.2, 0) is 0 Å². The molecule has 2 N–H and O–H groups in total. The van der Waals surface area contributed by atoms with Crippen molar-refractivity contribution in [3.8, 4) is 0 Å². The summed E-state index contributed by atoms with van der Waals surface area (Å²) in [7, 11) is 0. The van der Waals surface area contributed by atoms with Gasteiger partial charge in [-0.3, -0.25) is 4.90 Å². The van der Waals surface area contributed by atoms with E-state index in [1.807, 2.05) is 30.3 Å². The van der Waals surface area contributed by atoms with E-state index in [0.29, 0.717) is 6.04 Å². The lowest BCUT2D eigenvalue weighted by Gasteiger charge is -2.32. The molecule has 0 amide bonds. The van der Waals surface area contributed by atoms with Crippen LogP contribution in [0.1, 0.15) is 43.8 Å². The van der Waals surface area contributed by atoms with Crippen molar-refractivity contribution in [1.82, 2.24) is 10.2 Å². The zero-order valence-electron chi connectivity index (χ0n) is 13.3. The first-order valence-electron chi connectivity index (χ1n) is 8.50. The van der Waals surface area contributed by atoms with Crippen molar-refractivity contribution in [1.29, 1.82) is 0 Å². The number of halogens is 1. The molecule has 3 nitrogen and oxygen atoms in total. The van der Waals surface area contributed by atoms with Crippen molar-refractivity contribution in [3.63, 3.8) is 0 Å². The number of benzene rings is 1. The molecule has 0 spiro atoms. The molecule has 1 aromatic rings. The SMILES string of the molecule is Cl.OC(CC1CCCN1CC1CCNCC1)c1ccccc1. The van der Waals surface area contributed by atoms with Gasteiger partial charge in [0.15, 0.2) is 0 Å². The number of nitrogens with zero attached hydrogens (tertiary/aromatic N) is 1. The van der Waals surface area contributed by atoms with E-state index in [1.165, 1.54) is 51.9 Å². The lowest BCUT2D eigenvalue weighted by atomic mass is 9.96. The van der Waals surface area contributed by atoms with Crippen molar-refractivity contribution >= 4 is 12.4 Å². The molecule has 4 heteroatoms. The maximum absolute atomic E-state index is 10.5. The molecule has 2 aliphatic heterocycles. The molecule has 0 aromatic heterocycles. The molecule has 0 radical (unpaired) electrons. The molecule has 2 unspecified atom stereocenters. The lowest BCUT2D eigenvalue weighted by Crippen LogP contribution is -2.39. The molecule has 0 saturated carbocycles. The van der Waals surface area contributed by atoms with Crippen molar-refractivity contribution in [3.05, 3.63) is 35.9 Å². The van der Waals surface area contributed by atoms with Crippen LogP contribution in [0.5, 0.6) is 0 Å². The fourth-order valence-electron chi connectivity index (χ4n) is 3.87. The van der Waals surface area contributed by atoms with Gasteiger partial charge >= 0.3 is 0 Å². The van der Waals surface area contributed by atoms with Crippen molar-refractivity contribution in [2.75, 3.05) is 26.2 Å². The first-order valence-corrected chi connectivity index (χ1v) is 8.50. The van der Waals surface area contributed by atoms with E-state index in [2.05, 4.69) is 10.2 Å². The van der Waals surface area contributed by atoms with Gasteiger partial charge in [0, 0.05) is 12.6 Å². The highest BCUT2D eigenvalue weighted by Crippen LogP contribution is 2.29. The normalized spacial score (nSPS) is 24.9. The minimum absolute atomic E-state index is 0. The Balaban J connectivity index is 0.00000176. The van der Waals surface area contributed by atoms with E-state index in [9.17, 15) is 5.11 Å². The van der Waals surface area contributed by atoms with Crippen molar-refractivity contribution in [2.24, 2.45) is 5.92 Å². The second-order valence-corrected chi connectivity index (χ2v) is 6.65. The van der Waals surface area contributed by atoms with Gasteiger partial charge in [0.1, 0.15) is 0 Å². The van der Waals surface area contributed by atoms with Gasteiger partial charge in [-0.2, -0.15) is 0 Å². The van der Waals surface area contributed by atoms with Crippen LogP contribution in [0.25, 0.3) is 0 Å². The molecule has 2 aliphatic rings. The summed E-state index contributed by atoms with van der Waals surface area (Å²) in [4.78, 5) is 2.64. The first kappa shape index (κ1) is 17.7. The maximum atomic E-state index is 10.5. The predicted octanol–water partition coefficient (Wildman–Crippen LogP) is 3.00. The Morgan fingerprint density at radius 3 is 2.59 bits per heavy atom. The van der Waals surface area contributed by atoms with Gasteiger partial charge in [-0.25, -0.2) is 0 Å². The van der Waals surface area contributed by atoms with E-state index >= 15 is 0 Å².